The van der Waals surface area contributed by atoms with Gasteiger partial charge < -0.3 is 10.1 Å². The molecular formula is C18H17F3N2O3. The molecule has 0 aliphatic carbocycles. The first-order valence-electron chi connectivity index (χ1n) is 7.74. The molecule has 0 saturated heterocycles. The molecule has 26 heavy (non-hydrogen) atoms. The third kappa shape index (κ3) is 4.98. The number of amides is 2. The largest absolute Gasteiger partial charge is 0.573 e. The maximum atomic E-state index is 12.2. The SMILES string of the molecule is CCC(=O)Nc1cc(N(C=O)c2ccc(OC(F)(F)F)cc2)ccc1C. The van der Waals surface area contributed by atoms with Crippen molar-refractivity contribution in [2.24, 2.45) is 0 Å². The van der Waals surface area contributed by atoms with Gasteiger partial charge in [-0.3, -0.25) is 14.5 Å². The van der Waals surface area contributed by atoms with Crippen LogP contribution in [0, 0.1) is 6.92 Å². The van der Waals surface area contributed by atoms with Crippen molar-refractivity contribution < 1.29 is 27.5 Å². The minimum Gasteiger partial charge on any atom is -0.406 e. The van der Waals surface area contributed by atoms with Crippen molar-refractivity contribution >= 4 is 29.4 Å². The van der Waals surface area contributed by atoms with E-state index in [-0.39, 0.29) is 11.7 Å². The number of nitrogens with one attached hydrogen (secondary N) is 1. The smallest absolute Gasteiger partial charge is 0.406 e. The lowest BCUT2D eigenvalue weighted by molar-refractivity contribution is -0.274. The molecule has 0 atom stereocenters. The average molecular weight is 366 g/mol. The van der Waals surface area contributed by atoms with E-state index < -0.39 is 6.36 Å². The number of ether oxygens (including phenoxy) is 1. The van der Waals surface area contributed by atoms with Gasteiger partial charge in [0, 0.05) is 17.8 Å². The second-order valence-electron chi connectivity index (χ2n) is 5.42. The van der Waals surface area contributed by atoms with Crippen molar-refractivity contribution in [3.63, 3.8) is 0 Å². The van der Waals surface area contributed by atoms with Crippen LogP contribution in [0.1, 0.15) is 18.9 Å². The number of anilines is 3. The zero-order chi connectivity index (χ0) is 19.3. The van der Waals surface area contributed by atoms with Crippen molar-refractivity contribution in [2.75, 3.05) is 10.2 Å². The number of alkyl halides is 3. The van der Waals surface area contributed by atoms with Crippen LogP contribution in [-0.2, 0) is 9.59 Å². The fraction of sp³-hybridized carbons (Fsp3) is 0.222. The van der Waals surface area contributed by atoms with Gasteiger partial charge in [0.25, 0.3) is 0 Å². The first-order chi connectivity index (χ1) is 12.2. The molecule has 0 aromatic heterocycles. The fourth-order valence-electron chi connectivity index (χ4n) is 2.21. The predicted molar refractivity (Wildman–Crippen MR) is 91.4 cm³/mol. The molecule has 0 aliphatic rings. The van der Waals surface area contributed by atoms with E-state index in [1.165, 1.54) is 17.0 Å². The Hall–Kier alpha value is -3.03. The summed E-state index contributed by atoms with van der Waals surface area (Å²) in [6, 6.07) is 9.93. The number of nitrogens with zero attached hydrogens (tertiary/aromatic N) is 1. The Bertz CT molecular complexity index is 789. The number of aryl methyl sites for hydroxylation is 1. The predicted octanol–water partition coefficient (Wildman–Crippen LogP) is 4.54. The van der Waals surface area contributed by atoms with Gasteiger partial charge in [-0.25, -0.2) is 0 Å². The molecule has 1 N–H and O–H groups in total. The van der Waals surface area contributed by atoms with Crippen LogP contribution in [0.3, 0.4) is 0 Å². The van der Waals surface area contributed by atoms with Crippen LogP contribution in [0.2, 0.25) is 0 Å². The molecule has 0 fully saturated rings. The first-order valence-corrected chi connectivity index (χ1v) is 7.74. The Balaban J connectivity index is 2.29. The number of carbonyl (C=O) groups excluding carboxylic acids is 2. The quantitative estimate of drug-likeness (QED) is 0.764. The summed E-state index contributed by atoms with van der Waals surface area (Å²) in [5.74, 6) is -0.552. The minimum absolute atomic E-state index is 0.170. The van der Waals surface area contributed by atoms with Gasteiger partial charge in [-0.2, -0.15) is 0 Å². The zero-order valence-electron chi connectivity index (χ0n) is 14.1. The van der Waals surface area contributed by atoms with E-state index >= 15 is 0 Å². The standard InChI is InChI=1S/C18H17F3N2O3/c1-3-17(25)22-16-10-14(5-4-12(16)2)23(11-24)13-6-8-15(9-7-13)26-18(19,20)21/h4-11H,3H2,1-2H3,(H,22,25). The van der Waals surface area contributed by atoms with Crippen molar-refractivity contribution in [1.82, 2.24) is 0 Å². The highest BCUT2D eigenvalue weighted by Crippen LogP contribution is 2.30. The van der Waals surface area contributed by atoms with E-state index in [1.54, 1.807) is 25.1 Å². The topological polar surface area (TPSA) is 58.6 Å². The van der Waals surface area contributed by atoms with E-state index in [0.717, 1.165) is 17.7 Å². The van der Waals surface area contributed by atoms with E-state index in [0.29, 0.717) is 29.9 Å². The van der Waals surface area contributed by atoms with Gasteiger partial charge in [0.15, 0.2) is 0 Å². The van der Waals surface area contributed by atoms with Crippen LogP contribution in [-0.4, -0.2) is 18.7 Å². The number of rotatable bonds is 6. The Morgan fingerprint density at radius 2 is 1.77 bits per heavy atom. The van der Waals surface area contributed by atoms with E-state index in [2.05, 4.69) is 10.1 Å². The number of hydrogen-bond donors (Lipinski definition) is 1. The minimum atomic E-state index is -4.78. The Labute approximate surface area is 148 Å². The number of hydrogen-bond acceptors (Lipinski definition) is 3. The lowest BCUT2D eigenvalue weighted by Crippen LogP contribution is -2.18. The maximum Gasteiger partial charge on any atom is 0.573 e. The van der Waals surface area contributed by atoms with Crippen molar-refractivity contribution in [3.8, 4) is 5.75 Å². The van der Waals surface area contributed by atoms with E-state index in [1.807, 2.05) is 6.92 Å². The highest BCUT2D eigenvalue weighted by atomic mass is 19.4. The number of carbonyl (C=O) groups is 2. The van der Waals surface area contributed by atoms with Crippen LogP contribution in [0.15, 0.2) is 42.5 Å². The lowest BCUT2D eigenvalue weighted by atomic mass is 10.1. The summed E-state index contributed by atoms with van der Waals surface area (Å²) in [7, 11) is 0. The van der Waals surface area contributed by atoms with Gasteiger partial charge in [0.2, 0.25) is 12.3 Å². The molecule has 2 aromatic carbocycles. The monoisotopic (exact) mass is 366 g/mol. The second kappa shape index (κ2) is 7.90. The molecule has 0 heterocycles. The van der Waals surface area contributed by atoms with Crippen LogP contribution in [0.25, 0.3) is 0 Å². The van der Waals surface area contributed by atoms with Gasteiger partial charge in [-0.1, -0.05) is 13.0 Å². The molecular weight excluding hydrogens is 349 g/mol. The van der Waals surface area contributed by atoms with Crippen LogP contribution < -0.4 is 15.0 Å². The molecule has 5 nitrogen and oxygen atoms in total. The van der Waals surface area contributed by atoms with Gasteiger partial charge in [-0.05, 0) is 48.9 Å². The Kier molecular flexibility index (Phi) is 5.86. The molecule has 0 saturated carbocycles. The number of halogens is 3. The van der Waals surface area contributed by atoms with Gasteiger partial charge >= 0.3 is 6.36 Å². The van der Waals surface area contributed by atoms with Crippen LogP contribution in [0.5, 0.6) is 5.75 Å². The molecule has 0 aliphatic heterocycles. The third-order valence-electron chi connectivity index (χ3n) is 3.55. The third-order valence-corrected chi connectivity index (χ3v) is 3.55. The molecule has 2 rings (SSSR count). The van der Waals surface area contributed by atoms with Crippen LogP contribution in [0.4, 0.5) is 30.2 Å². The van der Waals surface area contributed by atoms with Crippen LogP contribution >= 0.6 is 0 Å². The summed E-state index contributed by atoms with van der Waals surface area (Å²) < 4.78 is 40.5. The number of benzene rings is 2. The summed E-state index contributed by atoms with van der Waals surface area (Å²) in [6.07, 6.45) is -3.94. The molecule has 8 heteroatoms. The van der Waals surface area contributed by atoms with E-state index in [9.17, 15) is 22.8 Å². The summed E-state index contributed by atoms with van der Waals surface area (Å²) in [6.45, 7) is 3.53. The molecule has 0 radical (unpaired) electrons. The lowest BCUT2D eigenvalue weighted by Gasteiger charge is -2.20. The summed E-state index contributed by atoms with van der Waals surface area (Å²) >= 11 is 0. The zero-order valence-corrected chi connectivity index (χ0v) is 14.1. The highest BCUT2D eigenvalue weighted by Gasteiger charge is 2.31. The van der Waals surface area contributed by atoms with E-state index in [4.69, 9.17) is 0 Å². The van der Waals surface area contributed by atoms with Crippen molar-refractivity contribution in [2.45, 2.75) is 26.6 Å². The summed E-state index contributed by atoms with van der Waals surface area (Å²) in [4.78, 5) is 24.4. The van der Waals surface area contributed by atoms with Gasteiger partial charge in [-0.15, -0.1) is 13.2 Å². The molecule has 2 amide bonds. The molecule has 138 valence electrons. The average Bonchev–Trinajstić information content (AvgIpc) is 2.58. The first kappa shape index (κ1) is 19.3. The highest BCUT2D eigenvalue weighted by molar-refractivity contribution is 5.93. The molecule has 0 spiro atoms. The maximum absolute atomic E-state index is 12.2. The summed E-state index contributed by atoms with van der Waals surface area (Å²) in [5, 5.41) is 2.74. The molecule has 0 unspecified atom stereocenters. The summed E-state index contributed by atoms with van der Waals surface area (Å²) in [5.41, 5.74) is 2.18. The Morgan fingerprint density at radius 1 is 1.15 bits per heavy atom. The van der Waals surface area contributed by atoms with Gasteiger partial charge in [0.1, 0.15) is 5.75 Å². The molecule has 0 bridgehead atoms. The second-order valence-corrected chi connectivity index (χ2v) is 5.42. The Morgan fingerprint density at radius 3 is 2.31 bits per heavy atom. The fourth-order valence-corrected chi connectivity index (χ4v) is 2.21. The van der Waals surface area contributed by atoms with Gasteiger partial charge in [0.05, 0.1) is 5.69 Å². The van der Waals surface area contributed by atoms with Crippen molar-refractivity contribution in [1.29, 1.82) is 0 Å². The normalized spacial score (nSPS) is 11.0. The molecule has 2 aromatic rings. The van der Waals surface area contributed by atoms with Crippen molar-refractivity contribution in [3.05, 3.63) is 48.0 Å².